The van der Waals surface area contributed by atoms with Gasteiger partial charge >= 0.3 is 0 Å². The number of hydrogen-bond donors (Lipinski definition) is 1. The van der Waals surface area contributed by atoms with Crippen molar-refractivity contribution in [2.24, 2.45) is 0 Å². The highest BCUT2D eigenvalue weighted by atomic mass is 79.9. The monoisotopic (exact) mass is 502 g/mol. The molecule has 1 atom stereocenters. The van der Waals surface area contributed by atoms with Crippen LogP contribution in [0.3, 0.4) is 0 Å². The molecule has 2 rings (SSSR count). The summed E-state index contributed by atoms with van der Waals surface area (Å²) in [7, 11) is 0. The zero-order valence-corrected chi connectivity index (χ0v) is 21.6. The Balaban J connectivity index is 2.17. The zero-order chi connectivity index (χ0) is 23.9. The van der Waals surface area contributed by atoms with Gasteiger partial charge in [-0.1, -0.05) is 63.6 Å². The summed E-state index contributed by atoms with van der Waals surface area (Å²) in [6.45, 7) is 13.0. The second-order valence-electron chi connectivity index (χ2n) is 9.16. The third kappa shape index (κ3) is 7.37. The molecule has 2 amide bonds. The van der Waals surface area contributed by atoms with E-state index in [0.29, 0.717) is 18.8 Å². The summed E-state index contributed by atoms with van der Waals surface area (Å²) in [6, 6.07) is 13.3. The topological polar surface area (TPSA) is 58.6 Å². The normalized spacial score (nSPS) is 12.2. The maximum Gasteiger partial charge on any atom is 0.261 e. The van der Waals surface area contributed by atoms with Gasteiger partial charge in [-0.05, 0) is 64.9 Å². The number of ether oxygens (including phenoxy) is 1. The molecule has 0 unspecified atom stereocenters. The maximum atomic E-state index is 13.2. The van der Waals surface area contributed by atoms with Gasteiger partial charge in [0, 0.05) is 13.1 Å². The lowest BCUT2D eigenvalue weighted by Gasteiger charge is -2.29. The Morgan fingerprint density at radius 2 is 1.88 bits per heavy atom. The van der Waals surface area contributed by atoms with Gasteiger partial charge < -0.3 is 15.0 Å². The Kier molecular flexibility index (Phi) is 9.32. The molecule has 2 aromatic rings. The van der Waals surface area contributed by atoms with Crippen molar-refractivity contribution in [3.8, 4) is 5.75 Å². The van der Waals surface area contributed by atoms with E-state index < -0.39 is 6.04 Å². The van der Waals surface area contributed by atoms with Gasteiger partial charge in [-0.3, -0.25) is 9.59 Å². The smallest absolute Gasteiger partial charge is 0.261 e. The first kappa shape index (κ1) is 25.9. The summed E-state index contributed by atoms with van der Waals surface area (Å²) < 4.78 is 6.65. The van der Waals surface area contributed by atoms with Crippen LogP contribution in [0.5, 0.6) is 5.75 Å². The van der Waals surface area contributed by atoms with Crippen LogP contribution in [0.15, 0.2) is 46.9 Å². The van der Waals surface area contributed by atoms with Gasteiger partial charge in [0.15, 0.2) is 6.61 Å². The number of nitrogens with zero attached hydrogens (tertiary/aromatic N) is 1. The Hall–Kier alpha value is -2.34. The summed E-state index contributed by atoms with van der Waals surface area (Å²) >= 11 is 3.56. The van der Waals surface area contributed by atoms with E-state index in [1.165, 1.54) is 5.56 Å². The second-order valence-corrected chi connectivity index (χ2v) is 10.0. The average molecular weight is 503 g/mol. The van der Waals surface area contributed by atoms with Crippen LogP contribution < -0.4 is 10.1 Å². The molecule has 0 spiro atoms. The number of carbonyl (C=O) groups excluding carboxylic acids is 2. The van der Waals surface area contributed by atoms with Crippen molar-refractivity contribution in [3.63, 3.8) is 0 Å². The highest BCUT2D eigenvalue weighted by molar-refractivity contribution is 9.10. The summed E-state index contributed by atoms with van der Waals surface area (Å²) in [5.41, 5.74) is 3.27. The minimum atomic E-state index is -0.607. The molecule has 0 aromatic heterocycles. The van der Waals surface area contributed by atoms with E-state index in [9.17, 15) is 9.59 Å². The fourth-order valence-corrected chi connectivity index (χ4v) is 3.79. The fraction of sp³-hybridized carbons (Fsp3) is 0.462. The van der Waals surface area contributed by atoms with Gasteiger partial charge in [-0.15, -0.1) is 0 Å². The van der Waals surface area contributed by atoms with Gasteiger partial charge in [0.1, 0.15) is 11.8 Å². The van der Waals surface area contributed by atoms with Gasteiger partial charge in [0.2, 0.25) is 5.91 Å². The molecule has 0 bridgehead atoms. The van der Waals surface area contributed by atoms with Gasteiger partial charge in [0.05, 0.1) is 4.47 Å². The van der Waals surface area contributed by atoms with Gasteiger partial charge in [0.25, 0.3) is 5.91 Å². The molecule has 0 fully saturated rings. The molecule has 0 saturated carbocycles. The quantitative estimate of drug-likeness (QED) is 0.500. The molecule has 174 valence electrons. The van der Waals surface area contributed by atoms with Crippen LogP contribution in [0.4, 0.5) is 0 Å². The van der Waals surface area contributed by atoms with E-state index in [-0.39, 0.29) is 23.8 Å². The molecule has 2 aromatic carbocycles. The van der Waals surface area contributed by atoms with Crippen molar-refractivity contribution in [1.82, 2.24) is 10.2 Å². The van der Waals surface area contributed by atoms with Crippen LogP contribution in [-0.2, 0) is 21.5 Å². The molecule has 6 heteroatoms. The lowest BCUT2D eigenvalue weighted by Crippen LogP contribution is -2.49. The van der Waals surface area contributed by atoms with Crippen molar-refractivity contribution >= 4 is 27.7 Å². The number of nitrogens with one attached hydrogen (secondary N) is 1. The van der Waals surface area contributed by atoms with Crippen molar-refractivity contribution in [2.75, 3.05) is 13.2 Å². The number of hydrogen-bond acceptors (Lipinski definition) is 3. The van der Waals surface area contributed by atoms with Crippen LogP contribution in [0.25, 0.3) is 0 Å². The number of rotatable bonds is 9. The van der Waals surface area contributed by atoms with E-state index in [0.717, 1.165) is 22.0 Å². The average Bonchev–Trinajstić information content (AvgIpc) is 2.73. The molecule has 0 aliphatic rings. The lowest BCUT2D eigenvalue weighted by molar-refractivity contribution is -0.142. The Morgan fingerprint density at radius 1 is 1.16 bits per heavy atom. The summed E-state index contributed by atoms with van der Waals surface area (Å²) in [6.07, 6.45) is 0.839. The van der Waals surface area contributed by atoms with Crippen LogP contribution >= 0.6 is 15.9 Å². The van der Waals surface area contributed by atoms with Crippen molar-refractivity contribution in [3.05, 3.63) is 63.6 Å². The van der Waals surface area contributed by atoms with Crippen LogP contribution in [0.1, 0.15) is 57.7 Å². The Morgan fingerprint density at radius 3 is 2.47 bits per heavy atom. The molecule has 0 radical (unpaired) electrons. The summed E-state index contributed by atoms with van der Waals surface area (Å²) in [5.74, 6) is 0.200. The van der Waals surface area contributed by atoms with Crippen LogP contribution in [0.2, 0.25) is 0 Å². The van der Waals surface area contributed by atoms with Gasteiger partial charge in [-0.2, -0.15) is 0 Å². The van der Waals surface area contributed by atoms with E-state index >= 15 is 0 Å². The zero-order valence-electron chi connectivity index (χ0n) is 20.0. The minimum Gasteiger partial charge on any atom is -0.483 e. The molecule has 0 heterocycles. The number of amides is 2. The number of aryl methyl sites for hydroxylation is 1. The Labute approximate surface area is 200 Å². The van der Waals surface area contributed by atoms with Crippen molar-refractivity contribution in [2.45, 2.75) is 66.0 Å². The highest BCUT2D eigenvalue weighted by Gasteiger charge is 2.26. The molecule has 0 aliphatic heterocycles. The molecule has 1 N–H and O–H groups in total. The van der Waals surface area contributed by atoms with E-state index in [1.807, 2.05) is 56.3 Å². The van der Waals surface area contributed by atoms with E-state index in [2.05, 4.69) is 42.0 Å². The van der Waals surface area contributed by atoms with Crippen LogP contribution in [-0.4, -0.2) is 35.9 Å². The second kappa shape index (κ2) is 11.5. The first-order valence-electron chi connectivity index (χ1n) is 11.1. The van der Waals surface area contributed by atoms with E-state index in [4.69, 9.17) is 4.74 Å². The third-order valence-corrected chi connectivity index (χ3v) is 5.92. The molecular weight excluding hydrogens is 468 g/mol. The lowest BCUT2D eigenvalue weighted by atomic mass is 9.87. The number of carbonyl (C=O) groups is 2. The maximum absolute atomic E-state index is 13.2. The third-order valence-electron chi connectivity index (χ3n) is 5.30. The molecule has 0 aliphatic carbocycles. The van der Waals surface area contributed by atoms with E-state index in [1.54, 1.807) is 11.8 Å². The number of halogens is 1. The van der Waals surface area contributed by atoms with Gasteiger partial charge in [-0.25, -0.2) is 0 Å². The molecule has 0 saturated heterocycles. The largest absolute Gasteiger partial charge is 0.483 e. The fourth-order valence-electron chi connectivity index (χ4n) is 3.29. The Bertz CT molecular complexity index is 937. The number of benzene rings is 2. The van der Waals surface area contributed by atoms with Crippen molar-refractivity contribution < 1.29 is 14.3 Å². The highest BCUT2D eigenvalue weighted by Crippen LogP contribution is 2.31. The minimum absolute atomic E-state index is 0.0166. The predicted octanol–water partition coefficient (Wildman–Crippen LogP) is 5.38. The first-order valence-corrected chi connectivity index (χ1v) is 11.9. The summed E-state index contributed by atoms with van der Waals surface area (Å²) in [5, 5.41) is 2.89. The van der Waals surface area contributed by atoms with Crippen molar-refractivity contribution in [1.29, 1.82) is 0 Å². The standard InChI is InChI=1S/C26H35BrN2O3/c1-7-13-28-25(31)19(3)29(16-20-10-8-9-18(2)14-20)24(30)17-32-23-12-11-21(15-22(23)27)26(4,5)6/h8-12,14-15,19H,7,13,16-17H2,1-6H3,(H,28,31)/t19-/m0/s1. The SMILES string of the molecule is CCCNC(=O)[C@H](C)N(Cc1cccc(C)c1)C(=O)COc1ccc(C(C)(C)C)cc1Br. The van der Waals surface area contributed by atoms with Crippen LogP contribution in [0, 0.1) is 6.92 Å². The predicted molar refractivity (Wildman–Crippen MR) is 133 cm³/mol. The molecular formula is C26H35BrN2O3. The first-order chi connectivity index (χ1) is 15.0. The summed E-state index contributed by atoms with van der Waals surface area (Å²) in [4.78, 5) is 27.4. The molecule has 5 nitrogen and oxygen atoms in total. The molecule has 32 heavy (non-hydrogen) atoms.